The molecule has 0 spiro atoms. The van der Waals surface area contributed by atoms with Crippen LogP contribution < -0.4 is 11.2 Å². The van der Waals surface area contributed by atoms with Gasteiger partial charge in [-0.2, -0.15) is 0 Å². The van der Waals surface area contributed by atoms with Crippen LogP contribution in [0.1, 0.15) is 0 Å². The average molecular weight is 254 g/mol. The molecule has 0 aliphatic carbocycles. The van der Waals surface area contributed by atoms with Gasteiger partial charge in [0.1, 0.15) is 0 Å². The van der Waals surface area contributed by atoms with Gasteiger partial charge in [-0.3, -0.25) is 9.78 Å². The van der Waals surface area contributed by atoms with E-state index >= 15 is 0 Å². The van der Waals surface area contributed by atoms with Crippen LogP contribution >= 0.6 is 22.6 Å². The van der Waals surface area contributed by atoms with Gasteiger partial charge >= 0.3 is 5.69 Å². The Morgan fingerprint density at radius 2 is 2.20 bits per heavy atom. The maximum Gasteiger partial charge on any atom is 0.361 e. The van der Waals surface area contributed by atoms with Gasteiger partial charge in [0.25, 0.3) is 5.56 Å². The lowest BCUT2D eigenvalue weighted by Gasteiger charge is -1.92. The van der Waals surface area contributed by atoms with E-state index in [0.717, 1.165) is 6.20 Å². The third kappa shape index (κ3) is 1.20. The molecule has 1 aromatic heterocycles. The van der Waals surface area contributed by atoms with E-state index in [1.807, 2.05) is 4.98 Å². The smallest absolute Gasteiger partial charge is 0.361 e. The van der Waals surface area contributed by atoms with Crippen LogP contribution in [0.4, 0.5) is 0 Å². The summed E-state index contributed by atoms with van der Waals surface area (Å²) in [4.78, 5) is 23.0. The molecule has 0 amide bonds. The Kier molecular flexibility index (Phi) is 1.79. The number of nitrogens with one attached hydrogen (secondary N) is 1. The van der Waals surface area contributed by atoms with Gasteiger partial charge in [0.05, 0.1) is 9.77 Å². The van der Waals surface area contributed by atoms with Crippen molar-refractivity contribution in [1.29, 1.82) is 0 Å². The number of rotatable bonds is 0. The van der Waals surface area contributed by atoms with Crippen molar-refractivity contribution in [3.8, 4) is 0 Å². The van der Waals surface area contributed by atoms with Crippen molar-refractivity contribution in [2.45, 2.75) is 0 Å². The first-order valence-electron chi connectivity index (χ1n) is 2.32. The highest BCUT2D eigenvalue weighted by Crippen LogP contribution is 1.89. The van der Waals surface area contributed by atoms with Gasteiger partial charge in [-0.25, -0.2) is 4.79 Å². The van der Waals surface area contributed by atoms with Crippen molar-refractivity contribution >= 4 is 22.6 Å². The number of H-pyrrole nitrogens is 1. The predicted octanol–water partition coefficient (Wildman–Crippen LogP) is -0.621. The number of aromatic amines is 1. The summed E-state index contributed by atoms with van der Waals surface area (Å²) in [6.45, 7) is 0. The van der Waals surface area contributed by atoms with E-state index in [1.165, 1.54) is 0 Å². The lowest BCUT2D eigenvalue weighted by Crippen LogP contribution is -2.29. The first kappa shape index (κ1) is 7.32. The molecule has 0 atom stereocenters. The Hall–Kier alpha value is -0.790. The molecule has 0 saturated carbocycles. The molecule has 2 N–H and O–H groups in total. The van der Waals surface area contributed by atoms with E-state index in [2.05, 4.69) is 0 Å². The molecule has 10 heavy (non-hydrogen) atoms. The van der Waals surface area contributed by atoms with Gasteiger partial charge in [-0.1, -0.05) is 0 Å². The monoisotopic (exact) mass is 254 g/mol. The summed E-state index contributed by atoms with van der Waals surface area (Å²) >= 11 is 1.70. The minimum absolute atomic E-state index is 0.264. The van der Waals surface area contributed by atoms with Gasteiger partial charge in [-0.05, 0) is 22.6 Å². The average Bonchev–Trinajstić information content (AvgIpc) is 1.84. The third-order valence-corrected chi connectivity index (χ3v) is 1.65. The molecular formula is C4H3IN2O3. The van der Waals surface area contributed by atoms with Crippen LogP contribution in [0, 0.1) is 3.57 Å². The lowest BCUT2D eigenvalue weighted by molar-refractivity contribution is 0.168. The fourth-order valence-corrected chi connectivity index (χ4v) is 0.837. The number of halogens is 1. The highest BCUT2D eigenvalue weighted by atomic mass is 127. The SMILES string of the molecule is O=c1[nH]c(=O)n(O)cc1I. The van der Waals surface area contributed by atoms with E-state index in [4.69, 9.17) is 5.21 Å². The molecular weight excluding hydrogens is 251 g/mol. The van der Waals surface area contributed by atoms with Gasteiger partial charge in [0.2, 0.25) is 0 Å². The fourth-order valence-electron chi connectivity index (χ4n) is 0.439. The summed E-state index contributed by atoms with van der Waals surface area (Å²) in [5.74, 6) is 0. The van der Waals surface area contributed by atoms with Gasteiger partial charge in [0.15, 0.2) is 0 Å². The first-order chi connectivity index (χ1) is 4.61. The molecule has 0 saturated heterocycles. The highest BCUT2D eigenvalue weighted by Gasteiger charge is 1.97. The minimum atomic E-state index is -0.828. The maximum absolute atomic E-state index is 10.6. The van der Waals surface area contributed by atoms with Gasteiger partial charge in [0, 0.05) is 0 Å². The molecule has 0 radical (unpaired) electrons. The van der Waals surface area contributed by atoms with E-state index < -0.39 is 11.2 Å². The van der Waals surface area contributed by atoms with Crippen molar-refractivity contribution < 1.29 is 5.21 Å². The fraction of sp³-hybridized carbons (Fsp3) is 0. The molecule has 54 valence electrons. The van der Waals surface area contributed by atoms with Crippen LogP contribution in [-0.2, 0) is 0 Å². The zero-order valence-corrected chi connectivity index (χ0v) is 6.82. The Morgan fingerprint density at radius 1 is 1.60 bits per heavy atom. The summed E-state index contributed by atoms with van der Waals surface area (Å²) in [6.07, 6.45) is 1.04. The zero-order chi connectivity index (χ0) is 7.72. The number of nitrogens with zero attached hydrogens (tertiary/aromatic N) is 1. The number of aromatic nitrogens is 2. The molecule has 0 aliphatic rings. The van der Waals surface area contributed by atoms with Crippen molar-refractivity contribution in [3.05, 3.63) is 30.6 Å². The van der Waals surface area contributed by atoms with Crippen molar-refractivity contribution in [3.63, 3.8) is 0 Å². The Balaban J connectivity index is 3.59. The van der Waals surface area contributed by atoms with Gasteiger partial charge < -0.3 is 5.21 Å². The molecule has 1 aromatic rings. The standard InChI is InChI=1S/C4H3IN2O3/c5-2-1-7(10)4(9)6-3(2)8/h1,10H,(H,6,8,9). The quantitative estimate of drug-likeness (QED) is 0.478. The molecule has 0 aromatic carbocycles. The predicted molar refractivity (Wildman–Crippen MR) is 41.2 cm³/mol. The second-order valence-corrected chi connectivity index (χ2v) is 2.74. The van der Waals surface area contributed by atoms with E-state index in [-0.39, 0.29) is 3.57 Å². The van der Waals surface area contributed by atoms with Crippen LogP contribution in [-0.4, -0.2) is 14.9 Å². The molecule has 5 nitrogen and oxygen atoms in total. The molecule has 0 fully saturated rings. The van der Waals surface area contributed by atoms with Crippen molar-refractivity contribution in [2.75, 3.05) is 0 Å². The summed E-state index contributed by atoms with van der Waals surface area (Å²) in [5, 5.41) is 8.65. The summed E-state index contributed by atoms with van der Waals surface area (Å²) in [5.41, 5.74) is -1.32. The van der Waals surface area contributed by atoms with Crippen LogP contribution in [0.25, 0.3) is 0 Å². The molecule has 1 rings (SSSR count). The molecule has 1 heterocycles. The van der Waals surface area contributed by atoms with Gasteiger partial charge in [-0.15, -0.1) is 4.73 Å². The van der Waals surface area contributed by atoms with Crippen LogP contribution in [0.5, 0.6) is 0 Å². The maximum atomic E-state index is 10.6. The third-order valence-electron chi connectivity index (χ3n) is 0.881. The second-order valence-electron chi connectivity index (χ2n) is 1.58. The lowest BCUT2D eigenvalue weighted by atomic mass is 10.7. The van der Waals surface area contributed by atoms with Crippen molar-refractivity contribution in [2.24, 2.45) is 0 Å². The van der Waals surface area contributed by atoms with E-state index in [1.54, 1.807) is 22.6 Å². The second kappa shape index (κ2) is 2.45. The topological polar surface area (TPSA) is 75.1 Å². The summed E-state index contributed by atoms with van der Waals surface area (Å²) in [7, 11) is 0. The molecule has 0 aliphatic heterocycles. The number of hydrogen-bond donors (Lipinski definition) is 2. The Bertz CT molecular complexity index is 321. The highest BCUT2D eigenvalue weighted by molar-refractivity contribution is 14.1. The normalized spacial score (nSPS) is 9.70. The Labute approximate surface area is 68.4 Å². The zero-order valence-electron chi connectivity index (χ0n) is 4.67. The first-order valence-corrected chi connectivity index (χ1v) is 3.40. The minimum Gasteiger partial charge on any atom is -0.424 e. The molecule has 0 bridgehead atoms. The van der Waals surface area contributed by atoms with Crippen LogP contribution in [0.15, 0.2) is 15.8 Å². The summed E-state index contributed by atoms with van der Waals surface area (Å²) in [6, 6.07) is 0. The van der Waals surface area contributed by atoms with E-state index in [0.29, 0.717) is 4.73 Å². The number of hydrogen-bond acceptors (Lipinski definition) is 3. The Morgan fingerprint density at radius 3 is 2.70 bits per heavy atom. The van der Waals surface area contributed by atoms with Crippen molar-refractivity contribution in [1.82, 2.24) is 9.71 Å². The largest absolute Gasteiger partial charge is 0.424 e. The van der Waals surface area contributed by atoms with Crippen LogP contribution in [0.3, 0.4) is 0 Å². The van der Waals surface area contributed by atoms with Crippen LogP contribution in [0.2, 0.25) is 0 Å². The molecule has 0 unspecified atom stereocenters. The molecule has 6 heteroatoms. The van der Waals surface area contributed by atoms with E-state index in [9.17, 15) is 9.59 Å². The summed E-state index contributed by atoms with van der Waals surface area (Å²) < 4.78 is 0.586.